The van der Waals surface area contributed by atoms with Gasteiger partial charge in [-0.25, -0.2) is 0 Å². The fourth-order valence-corrected chi connectivity index (χ4v) is 3.21. The largest absolute Gasteiger partial charge is 0.338 e. The second-order valence-corrected chi connectivity index (χ2v) is 6.74. The van der Waals surface area contributed by atoms with E-state index in [0.717, 1.165) is 19.5 Å². The van der Waals surface area contributed by atoms with Gasteiger partial charge in [-0.05, 0) is 30.5 Å². The van der Waals surface area contributed by atoms with Crippen molar-refractivity contribution in [1.29, 1.82) is 0 Å². The van der Waals surface area contributed by atoms with E-state index >= 15 is 0 Å². The van der Waals surface area contributed by atoms with E-state index in [1.165, 1.54) is 0 Å². The van der Waals surface area contributed by atoms with Crippen LogP contribution >= 0.6 is 39.1 Å². The molecule has 1 heterocycles. The lowest BCUT2D eigenvalue weighted by Gasteiger charge is -2.34. The maximum Gasteiger partial charge on any atom is 0.253 e. The maximum absolute atomic E-state index is 12.3. The molecule has 0 N–H and O–H groups in total. The zero-order valence-electron chi connectivity index (χ0n) is 10.00. The number of carbonyl (C=O) groups excluding carboxylic acids is 1. The molecule has 1 saturated heterocycles. The fraction of sp³-hybridized carbons (Fsp3) is 0.462. The quantitative estimate of drug-likeness (QED) is 0.694. The highest BCUT2D eigenvalue weighted by Crippen LogP contribution is 2.26. The number of carbonyl (C=O) groups is 1. The van der Waals surface area contributed by atoms with Gasteiger partial charge in [0.1, 0.15) is 0 Å². The number of amides is 1. The van der Waals surface area contributed by atoms with Gasteiger partial charge in [0.2, 0.25) is 0 Å². The van der Waals surface area contributed by atoms with Crippen molar-refractivity contribution in [3.05, 3.63) is 33.8 Å². The van der Waals surface area contributed by atoms with Gasteiger partial charge in [0.25, 0.3) is 5.91 Å². The van der Waals surface area contributed by atoms with Crippen LogP contribution in [0.3, 0.4) is 0 Å². The van der Waals surface area contributed by atoms with Crippen molar-refractivity contribution in [1.82, 2.24) is 4.90 Å². The van der Waals surface area contributed by atoms with Crippen molar-refractivity contribution in [3.8, 4) is 0 Å². The normalized spacial score (nSPS) is 24.1. The Morgan fingerprint density at radius 2 is 1.94 bits per heavy atom. The average molecular weight is 351 g/mol. The minimum atomic E-state index is -0.00394. The minimum Gasteiger partial charge on any atom is -0.338 e. The molecule has 1 aromatic carbocycles. The number of nitrogens with zero attached hydrogens (tertiary/aromatic N) is 1. The SMILES string of the molecule is CC1CCN(C(=O)c2cc(Cl)cc(Cl)c2)CC1Br. The summed E-state index contributed by atoms with van der Waals surface area (Å²) in [6, 6.07) is 4.96. The zero-order chi connectivity index (χ0) is 13.3. The third kappa shape index (κ3) is 3.19. The third-order valence-corrected chi connectivity index (χ3v) is 4.89. The molecule has 1 fully saturated rings. The van der Waals surface area contributed by atoms with Gasteiger partial charge in [-0.3, -0.25) is 4.79 Å². The Kier molecular flexibility index (Phi) is 4.57. The van der Waals surface area contributed by atoms with Gasteiger partial charge in [-0.2, -0.15) is 0 Å². The van der Waals surface area contributed by atoms with Crippen molar-refractivity contribution in [2.24, 2.45) is 5.92 Å². The van der Waals surface area contributed by atoms with Gasteiger partial charge in [0.15, 0.2) is 0 Å². The maximum atomic E-state index is 12.3. The van der Waals surface area contributed by atoms with E-state index in [2.05, 4.69) is 22.9 Å². The van der Waals surface area contributed by atoms with Gasteiger partial charge in [0.05, 0.1) is 0 Å². The predicted octanol–water partition coefficient (Wildman–Crippen LogP) is 4.24. The van der Waals surface area contributed by atoms with Crippen LogP contribution in [0.25, 0.3) is 0 Å². The smallest absolute Gasteiger partial charge is 0.253 e. The topological polar surface area (TPSA) is 20.3 Å². The molecule has 2 rings (SSSR count). The number of hydrogen-bond donors (Lipinski definition) is 0. The lowest BCUT2D eigenvalue weighted by atomic mass is 9.98. The minimum absolute atomic E-state index is 0.00394. The van der Waals surface area contributed by atoms with Crippen LogP contribution in [0.2, 0.25) is 10.0 Å². The van der Waals surface area contributed by atoms with Crippen LogP contribution in [0.4, 0.5) is 0 Å². The van der Waals surface area contributed by atoms with Crippen molar-refractivity contribution in [3.63, 3.8) is 0 Å². The van der Waals surface area contributed by atoms with Crippen molar-refractivity contribution in [2.45, 2.75) is 18.2 Å². The Bertz CT molecular complexity index is 446. The summed E-state index contributed by atoms with van der Waals surface area (Å²) in [5, 5.41) is 0.984. The van der Waals surface area contributed by atoms with Crippen molar-refractivity contribution in [2.75, 3.05) is 13.1 Å². The van der Waals surface area contributed by atoms with Gasteiger partial charge >= 0.3 is 0 Å². The number of piperidine rings is 1. The molecule has 0 aliphatic carbocycles. The highest BCUT2D eigenvalue weighted by atomic mass is 79.9. The summed E-state index contributed by atoms with van der Waals surface area (Å²) >= 11 is 15.5. The Morgan fingerprint density at radius 3 is 2.50 bits per heavy atom. The molecule has 0 radical (unpaired) electrons. The standard InChI is InChI=1S/C13H14BrCl2NO/c1-8-2-3-17(7-12(8)14)13(18)9-4-10(15)6-11(16)5-9/h4-6,8,12H,2-3,7H2,1H3. The summed E-state index contributed by atoms with van der Waals surface area (Å²) in [6.45, 7) is 3.70. The van der Waals surface area contributed by atoms with E-state index in [-0.39, 0.29) is 5.91 Å². The molecule has 0 bridgehead atoms. The molecule has 0 spiro atoms. The fourth-order valence-electron chi connectivity index (χ4n) is 2.07. The molecule has 1 aliphatic rings. The molecular formula is C13H14BrCl2NO. The molecule has 1 aliphatic heterocycles. The van der Waals surface area contributed by atoms with Crippen LogP contribution in [0.15, 0.2) is 18.2 Å². The Hall–Kier alpha value is -0.250. The van der Waals surface area contributed by atoms with Gasteiger partial charge < -0.3 is 4.90 Å². The Morgan fingerprint density at radius 1 is 1.33 bits per heavy atom. The molecule has 2 nitrogen and oxygen atoms in total. The molecule has 1 aromatic rings. The van der Waals surface area contributed by atoms with Crippen molar-refractivity contribution < 1.29 is 4.79 Å². The van der Waals surface area contributed by atoms with E-state index < -0.39 is 0 Å². The highest BCUT2D eigenvalue weighted by molar-refractivity contribution is 9.09. The lowest BCUT2D eigenvalue weighted by molar-refractivity contribution is 0.0706. The molecule has 0 saturated carbocycles. The number of rotatable bonds is 1. The van der Waals surface area contributed by atoms with Gasteiger partial charge in [-0.15, -0.1) is 0 Å². The van der Waals surface area contributed by atoms with E-state index in [0.29, 0.717) is 26.4 Å². The van der Waals surface area contributed by atoms with Crippen LogP contribution in [-0.4, -0.2) is 28.7 Å². The highest BCUT2D eigenvalue weighted by Gasteiger charge is 2.27. The Labute approximate surface area is 125 Å². The molecule has 0 aromatic heterocycles. The molecular weight excluding hydrogens is 337 g/mol. The van der Waals surface area contributed by atoms with Crippen molar-refractivity contribution >= 4 is 45.0 Å². The van der Waals surface area contributed by atoms with E-state index in [9.17, 15) is 4.79 Å². The van der Waals surface area contributed by atoms with Crippen LogP contribution in [0, 0.1) is 5.92 Å². The first kappa shape index (κ1) is 14.2. The number of alkyl halides is 1. The molecule has 18 heavy (non-hydrogen) atoms. The number of hydrogen-bond acceptors (Lipinski definition) is 1. The first-order chi connectivity index (χ1) is 8.47. The lowest BCUT2D eigenvalue weighted by Crippen LogP contribution is -2.43. The molecule has 2 atom stereocenters. The van der Waals surface area contributed by atoms with E-state index in [1.54, 1.807) is 18.2 Å². The van der Waals surface area contributed by atoms with Crippen LogP contribution in [-0.2, 0) is 0 Å². The van der Waals surface area contributed by atoms with Crippen LogP contribution in [0.5, 0.6) is 0 Å². The number of benzene rings is 1. The van der Waals surface area contributed by atoms with Crippen LogP contribution in [0.1, 0.15) is 23.7 Å². The second-order valence-electron chi connectivity index (χ2n) is 4.69. The summed E-state index contributed by atoms with van der Waals surface area (Å²) in [5.74, 6) is 0.591. The number of likely N-dealkylation sites (tertiary alicyclic amines) is 1. The molecule has 2 unspecified atom stereocenters. The molecule has 1 amide bonds. The zero-order valence-corrected chi connectivity index (χ0v) is 13.1. The molecule has 98 valence electrons. The monoisotopic (exact) mass is 349 g/mol. The first-order valence-electron chi connectivity index (χ1n) is 5.87. The van der Waals surface area contributed by atoms with Gasteiger partial charge in [-0.1, -0.05) is 46.1 Å². The summed E-state index contributed by atoms with van der Waals surface area (Å²) in [5.41, 5.74) is 0.557. The first-order valence-corrected chi connectivity index (χ1v) is 7.54. The van der Waals surface area contributed by atoms with E-state index in [1.807, 2.05) is 4.90 Å². The Balaban J connectivity index is 2.16. The summed E-state index contributed by atoms with van der Waals surface area (Å²) in [6.07, 6.45) is 1.01. The summed E-state index contributed by atoms with van der Waals surface area (Å²) < 4.78 is 0. The third-order valence-electron chi connectivity index (χ3n) is 3.26. The second kappa shape index (κ2) is 5.81. The van der Waals surface area contributed by atoms with Crippen LogP contribution < -0.4 is 0 Å². The summed E-state index contributed by atoms with van der Waals surface area (Å²) in [4.78, 5) is 14.5. The van der Waals surface area contributed by atoms with E-state index in [4.69, 9.17) is 23.2 Å². The summed E-state index contributed by atoms with van der Waals surface area (Å²) in [7, 11) is 0. The average Bonchev–Trinajstić information content (AvgIpc) is 2.30. The van der Waals surface area contributed by atoms with Gasteiger partial charge in [0, 0.05) is 33.5 Å². The molecule has 5 heteroatoms. The number of halogens is 3. The predicted molar refractivity (Wildman–Crippen MR) is 78.9 cm³/mol.